The molecule has 1 aromatic rings. The van der Waals surface area contributed by atoms with Crippen LogP contribution in [0.4, 0.5) is 5.95 Å². The Balaban J connectivity index is 1.79. The third kappa shape index (κ3) is 2.67. The van der Waals surface area contributed by atoms with Crippen LogP contribution in [0.3, 0.4) is 0 Å². The summed E-state index contributed by atoms with van der Waals surface area (Å²) < 4.78 is 5.49. The van der Waals surface area contributed by atoms with E-state index in [9.17, 15) is 5.11 Å². The number of aliphatic hydroxyl groups excluding tert-OH is 1. The van der Waals surface area contributed by atoms with Crippen molar-refractivity contribution in [2.24, 2.45) is 11.8 Å². The van der Waals surface area contributed by atoms with E-state index in [1.165, 1.54) is 0 Å². The zero-order chi connectivity index (χ0) is 14.3. The molecule has 0 aromatic carbocycles. The molecule has 110 valence electrons. The largest absolute Gasteiger partial charge is 0.461 e. The van der Waals surface area contributed by atoms with Crippen molar-refractivity contribution in [1.29, 1.82) is 0 Å². The molecule has 1 saturated heterocycles. The van der Waals surface area contributed by atoms with Gasteiger partial charge in [-0.3, -0.25) is 0 Å². The van der Waals surface area contributed by atoms with E-state index in [4.69, 9.17) is 16.3 Å². The summed E-state index contributed by atoms with van der Waals surface area (Å²) in [6, 6.07) is 0.257. The first-order valence-corrected chi connectivity index (χ1v) is 7.42. The van der Waals surface area contributed by atoms with E-state index in [0.717, 1.165) is 25.9 Å². The predicted octanol–water partition coefficient (Wildman–Crippen LogP) is 1.52. The van der Waals surface area contributed by atoms with Crippen LogP contribution in [0.1, 0.15) is 26.7 Å². The number of anilines is 1. The predicted molar refractivity (Wildman–Crippen MR) is 75.0 cm³/mol. The van der Waals surface area contributed by atoms with Crippen LogP contribution in [-0.2, 0) is 0 Å². The Kier molecular flexibility index (Phi) is 3.69. The fourth-order valence-corrected chi connectivity index (χ4v) is 3.27. The molecule has 0 bridgehead atoms. The molecule has 1 aromatic heterocycles. The molecule has 7 heteroatoms. The van der Waals surface area contributed by atoms with Crippen molar-refractivity contribution in [3.8, 4) is 6.01 Å². The van der Waals surface area contributed by atoms with Crippen LogP contribution in [0.25, 0.3) is 0 Å². The van der Waals surface area contributed by atoms with E-state index in [1.54, 1.807) is 0 Å². The average Bonchev–Trinajstić information content (AvgIpc) is 2.90. The summed E-state index contributed by atoms with van der Waals surface area (Å²) in [5.41, 5.74) is 0. The van der Waals surface area contributed by atoms with Crippen LogP contribution >= 0.6 is 11.6 Å². The Hall–Kier alpha value is -1.14. The van der Waals surface area contributed by atoms with Crippen LogP contribution < -0.4 is 9.64 Å². The molecular weight excluding hydrogens is 280 g/mol. The standard InChI is InChI=1S/C13H19ClN4O2/c1-7(2)20-13-16-11(14)15-12(17-13)18-5-8-3-4-10(19)9(8)6-18/h7-10,19H,3-6H2,1-2H3. The van der Waals surface area contributed by atoms with Crippen molar-refractivity contribution in [1.82, 2.24) is 15.0 Å². The Morgan fingerprint density at radius 1 is 1.25 bits per heavy atom. The molecule has 3 rings (SSSR count). The van der Waals surface area contributed by atoms with Gasteiger partial charge in [0, 0.05) is 19.0 Å². The number of aromatic nitrogens is 3. The molecule has 20 heavy (non-hydrogen) atoms. The maximum atomic E-state index is 9.96. The number of fused-ring (bicyclic) bond motifs is 1. The molecule has 2 heterocycles. The molecular formula is C13H19ClN4O2. The number of hydrogen-bond acceptors (Lipinski definition) is 6. The van der Waals surface area contributed by atoms with Crippen molar-refractivity contribution in [2.75, 3.05) is 18.0 Å². The number of nitrogens with zero attached hydrogens (tertiary/aromatic N) is 4. The van der Waals surface area contributed by atoms with Crippen LogP contribution in [0, 0.1) is 11.8 Å². The Bertz CT molecular complexity index is 499. The van der Waals surface area contributed by atoms with Gasteiger partial charge in [0.15, 0.2) is 0 Å². The summed E-state index contributed by atoms with van der Waals surface area (Å²) in [4.78, 5) is 14.6. The summed E-state index contributed by atoms with van der Waals surface area (Å²) in [6.07, 6.45) is 1.76. The normalized spacial score (nSPS) is 29.1. The van der Waals surface area contributed by atoms with Gasteiger partial charge in [-0.1, -0.05) is 0 Å². The Labute approximate surface area is 123 Å². The van der Waals surface area contributed by atoms with Gasteiger partial charge in [-0.05, 0) is 44.2 Å². The maximum Gasteiger partial charge on any atom is 0.322 e. The van der Waals surface area contributed by atoms with Crippen molar-refractivity contribution in [3.63, 3.8) is 0 Å². The lowest BCUT2D eigenvalue weighted by molar-refractivity contribution is 0.133. The molecule has 1 N–H and O–H groups in total. The first-order valence-electron chi connectivity index (χ1n) is 7.04. The summed E-state index contributed by atoms with van der Waals surface area (Å²) in [7, 11) is 0. The number of ether oxygens (including phenoxy) is 1. The molecule has 6 nitrogen and oxygen atoms in total. The fourth-order valence-electron chi connectivity index (χ4n) is 3.13. The maximum absolute atomic E-state index is 9.96. The van der Waals surface area contributed by atoms with E-state index in [1.807, 2.05) is 13.8 Å². The lowest BCUT2D eigenvalue weighted by Gasteiger charge is -2.19. The topological polar surface area (TPSA) is 71.4 Å². The van der Waals surface area contributed by atoms with Gasteiger partial charge >= 0.3 is 6.01 Å². The molecule has 1 aliphatic heterocycles. The third-order valence-corrected chi connectivity index (χ3v) is 4.19. The van der Waals surface area contributed by atoms with Crippen LogP contribution in [0.5, 0.6) is 6.01 Å². The van der Waals surface area contributed by atoms with Gasteiger partial charge in [0.1, 0.15) is 0 Å². The zero-order valence-corrected chi connectivity index (χ0v) is 12.4. The van der Waals surface area contributed by atoms with Gasteiger partial charge < -0.3 is 14.7 Å². The monoisotopic (exact) mass is 298 g/mol. The highest BCUT2D eigenvalue weighted by atomic mass is 35.5. The molecule has 1 saturated carbocycles. The summed E-state index contributed by atoms with van der Waals surface area (Å²) in [5.74, 6) is 1.39. The average molecular weight is 299 g/mol. The molecule has 2 fully saturated rings. The highest BCUT2D eigenvalue weighted by molar-refractivity contribution is 6.28. The van der Waals surface area contributed by atoms with Crippen molar-refractivity contribution >= 4 is 17.5 Å². The second kappa shape index (κ2) is 5.33. The molecule has 0 radical (unpaired) electrons. The van der Waals surface area contributed by atoms with Gasteiger partial charge in [-0.15, -0.1) is 0 Å². The number of hydrogen-bond donors (Lipinski definition) is 1. The first-order chi connectivity index (χ1) is 9.52. The van der Waals surface area contributed by atoms with E-state index >= 15 is 0 Å². The molecule has 0 spiro atoms. The summed E-state index contributed by atoms with van der Waals surface area (Å²) in [5, 5.41) is 10.1. The lowest BCUT2D eigenvalue weighted by atomic mass is 10.00. The van der Waals surface area contributed by atoms with E-state index in [-0.39, 0.29) is 23.5 Å². The minimum Gasteiger partial charge on any atom is -0.461 e. The van der Waals surface area contributed by atoms with E-state index < -0.39 is 0 Å². The minimum atomic E-state index is -0.200. The zero-order valence-electron chi connectivity index (χ0n) is 11.7. The van der Waals surface area contributed by atoms with Crippen molar-refractivity contribution < 1.29 is 9.84 Å². The summed E-state index contributed by atoms with van der Waals surface area (Å²) in [6.45, 7) is 5.46. The minimum absolute atomic E-state index is 0.0129. The smallest absolute Gasteiger partial charge is 0.322 e. The van der Waals surface area contributed by atoms with Crippen molar-refractivity contribution in [3.05, 3.63) is 5.28 Å². The SMILES string of the molecule is CC(C)Oc1nc(Cl)nc(N2CC3CCC(O)C3C2)n1. The lowest BCUT2D eigenvalue weighted by Crippen LogP contribution is -2.26. The highest BCUT2D eigenvalue weighted by Gasteiger charge is 2.42. The van der Waals surface area contributed by atoms with Crippen LogP contribution in [0.15, 0.2) is 0 Å². The van der Waals surface area contributed by atoms with Gasteiger partial charge in [0.2, 0.25) is 11.2 Å². The second-order valence-corrected chi connectivity index (χ2v) is 6.17. The molecule has 2 aliphatic rings. The first kappa shape index (κ1) is 13.8. The fraction of sp³-hybridized carbons (Fsp3) is 0.769. The highest BCUT2D eigenvalue weighted by Crippen LogP contribution is 2.39. The second-order valence-electron chi connectivity index (χ2n) is 5.83. The molecule has 1 aliphatic carbocycles. The molecule has 3 atom stereocenters. The Morgan fingerprint density at radius 2 is 2.05 bits per heavy atom. The van der Waals surface area contributed by atoms with Crippen molar-refractivity contribution in [2.45, 2.75) is 38.9 Å². The number of halogens is 1. The molecule has 3 unspecified atom stereocenters. The number of rotatable bonds is 3. The van der Waals surface area contributed by atoms with Gasteiger partial charge in [-0.25, -0.2) is 0 Å². The third-order valence-electron chi connectivity index (χ3n) is 4.02. The summed E-state index contributed by atoms with van der Waals surface area (Å²) >= 11 is 5.94. The van der Waals surface area contributed by atoms with Crippen LogP contribution in [-0.4, -0.2) is 45.4 Å². The van der Waals surface area contributed by atoms with Gasteiger partial charge in [0.25, 0.3) is 0 Å². The van der Waals surface area contributed by atoms with Gasteiger partial charge in [0.05, 0.1) is 12.2 Å². The van der Waals surface area contributed by atoms with Gasteiger partial charge in [-0.2, -0.15) is 15.0 Å². The Morgan fingerprint density at radius 3 is 2.75 bits per heavy atom. The van der Waals surface area contributed by atoms with E-state index in [2.05, 4.69) is 19.9 Å². The van der Waals surface area contributed by atoms with Crippen LogP contribution in [0.2, 0.25) is 5.28 Å². The molecule has 0 amide bonds. The quantitative estimate of drug-likeness (QED) is 0.912. The van der Waals surface area contributed by atoms with E-state index in [0.29, 0.717) is 17.8 Å². The number of aliphatic hydroxyl groups is 1.